The van der Waals surface area contributed by atoms with Crippen molar-refractivity contribution in [2.24, 2.45) is 11.1 Å². The highest BCUT2D eigenvalue weighted by Crippen LogP contribution is 2.20. The second-order valence-electron chi connectivity index (χ2n) is 8.81. The molecule has 1 saturated heterocycles. The Morgan fingerprint density at radius 3 is 2.23 bits per heavy atom. The molecule has 2 heterocycles. The lowest BCUT2D eigenvalue weighted by Crippen LogP contribution is -2.54. The molecule has 30 heavy (non-hydrogen) atoms. The van der Waals surface area contributed by atoms with E-state index in [4.69, 9.17) is 5.73 Å². The molecule has 2 aromatic rings. The minimum absolute atomic E-state index is 0. The number of aromatic nitrogens is 2. The number of halogens is 1. The summed E-state index contributed by atoms with van der Waals surface area (Å²) >= 11 is 0. The Labute approximate surface area is 182 Å². The molecular weight excluding hydrogens is 406 g/mol. The standard InChI is InChI=1S/C21H31N5O3.ClH/c1-21(2,3)17(18(22)27)23-19(28)26-16-10-6-5-9-15(16)25(20(26)29)14-13-24-11-7-4-8-12-24;/h5-6,9-10,17H,4,7-8,11-14H2,1-3H3,(H2,22,27)(H,23,28);1H/t17-;/m1./s1. The van der Waals surface area contributed by atoms with E-state index in [-0.39, 0.29) is 12.4 Å². The number of nitrogens with one attached hydrogen (secondary N) is 1. The molecule has 3 N–H and O–H groups in total. The second kappa shape index (κ2) is 9.66. The minimum atomic E-state index is -0.891. The molecule has 0 radical (unpaired) electrons. The van der Waals surface area contributed by atoms with Gasteiger partial charge in [-0.3, -0.25) is 9.36 Å². The van der Waals surface area contributed by atoms with Gasteiger partial charge in [-0.05, 0) is 43.5 Å². The van der Waals surface area contributed by atoms with Gasteiger partial charge >= 0.3 is 11.7 Å². The molecule has 2 amide bonds. The number of piperidine rings is 1. The third-order valence-corrected chi connectivity index (χ3v) is 5.55. The van der Waals surface area contributed by atoms with Crippen LogP contribution in [0.15, 0.2) is 29.1 Å². The number of amides is 2. The highest BCUT2D eigenvalue weighted by atomic mass is 35.5. The summed E-state index contributed by atoms with van der Waals surface area (Å²) in [5.74, 6) is -0.632. The topological polar surface area (TPSA) is 102 Å². The van der Waals surface area contributed by atoms with E-state index >= 15 is 0 Å². The van der Waals surface area contributed by atoms with E-state index in [1.165, 1.54) is 19.3 Å². The van der Waals surface area contributed by atoms with Gasteiger partial charge in [-0.1, -0.05) is 39.3 Å². The van der Waals surface area contributed by atoms with Crippen LogP contribution in [0.1, 0.15) is 40.0 Å². The normalized spacial score (nSPS) is 16.1. The first-order valence-electron chi connectivity index (χ1n) is 10.2. The van der Waals surface area contributed by atoms with Gasteiger partial charge < -0.3 is 16.0 Å². The molecule has 1 fully saturated rings. The Balaban J connectivity index is 0.00000320. The molecule has 1 aromatic heterocycles. The highest BCUT2D eigenvalue weighted by Gasteiger charge is 2.32. The van der Waals surface area contributed by atoms with E-state index in [2.05, 4.69) is 10.2 Å². The van der Waals surface area contributed by atoms with E-state index in [1.54, 1.807) is 16.7 Å². The lowest BCUT2D eigenvalue weighted by atomic mass is 9.86. The smallest absolute Gasteiger partial charge is 0.337 e. The van der Waals surface area contributed by atoms with Gasteiger partial charge in [-0.2, -0.15) is 0 Å². The van der Waals surface area contributed by atoms with E-state index in [0.29, 0.717) is 17.6 Å². The molecule has 0 bridgehead atoms. The zero-order valence-corrected chi connectivity index (χ0v) is 18.7. The molecular formula is C21H32ClN5O3. The molecule has 9 heteroatoms. The van der Waals surface area contributed by atoms with Gasteiger partial charge in [0.05, 0.1) is 11.0 Å². The number of fused-ring (bicyclic) bond motifs is 1. The summed E-state index contributed by atoms with van der Waals surface area (Å²) in [5, 5.41) is 2.65. The largest absolute Gasteiger partial charge is 0.368 e. The van der Waals surface area contributed by atoms with Gasteiger partial charge in [-0.15, -0.1) is 12.4 Å². The zero-order valence-electron chi connectivity index (χ0n) is 17.9. The first-order valence-corrected chi connectivity index (χ1v) is 10.2. The monoisotopic (exact) mass is 437 g/mol. The molecule has 0 unspecified atom stereocenters. The minimum Gasteiger partial charge on any atom is -0.368 e. The molecule has 1 aromatic carbocycles. The second-order valence-corrected chi connectivity index (χ2v) is 8.81. The van der Waals surface area contributed by atoms with Crippen molar-refractivity contribution < 1.29 is 9.59 Å². The third-order valence-electron chi connectivity index (χ3n) is 5.55. The van der Waals surface area contributed by atoms with Crippen molar-refractivity contribution >= 4 is 35.4 Å². The van der Waals surface area contributed by atoms with E-state index in [0.717, 1.165) is 24.2 Å². The maximum atomic E-state index is 13.1. The van der Waals surface area contributed by atoms with Crippen LogP contribution in [0.3, 0.4) is 0 Å². The Bertz CT molecular complexity index is 954. The van der Waals surface area contributed by atoms with Crippen molar-refractivity contribution in [2.75, 3.05) is 19.6 Å². The summed E-state index contributed by atoms with van der Waals surface area (Å²) in [4.78, 5) is 40.3. The molecule has 3 rings (SSSR count). The number of nitrogens with two attached hydrogens (primary N) is 1. The van der Waals surface area contributed by atoms with Gasteiger partial charge in [0.2, 0.25) is 5.91 Å². The lowest BCUT2D eigenvalue weighted by Gasteiger charge is -2.28. The van der Waals surface area contributed by atoms with Crippen molar-refractivity contribution in [2.45, 2.75) is 52.6 Å². The number of rotatable bonds is 5. The molecule has 1 aliphatic heterocycles. The summed E-state index contributed by atoms with van der Waals surface area (Å²) in [7, 11) is 0. The lowest BCUT2D eigenvalue weighted by molar-refractivity contribution is -0.122. The van der Waals surface area contributed by atoms with Crippen LogP contribution in [0.4, 0.5) is 4.79 Å². The third kappa shape index (κ3) is 5.05. The molecule has 0 saturated carbocycles. The summed E-state index contributed by atoms with van der Waals surface area (Å²) in [6.45, 7) is 8.80. The van der Waals surface area contributed by atoms with Gasteiger partial charge in [0.25, 0.3) is 0 Å². The van der Waals surface area contributed by atoms with Crippen LogP contribution in [0, 0.1) is 5.41 Å². The average molecular weight is 438 g/mol. The first kappa shape index (κ1) is 24.0. The van der Waals surface area contributed by atoms with Gasteiger partial charge in [0, 0.05) is 13.1 Å². The molecule has 1 atom stereocenters. The van der Waals surface area contributed by atoms with E-state index in [9.17, 15) is 14.4 Å². The van der Waals surface area contributed by atoms with Crippen molar-refractivity contribution in [3.05, 3.63) is 34.7 Å². The van der Waals surface area contributed by atoms with Crippen molar-refractivity contribution in [1.82, 2.24) is 19.4 Å². The number of likely N-dealkylation sites (tertiary alicyclic amines) is 1. The number of hydrogen-bond acceptors (Lipinski definition) is 4. The number of nitrogens with zero attached hydrogens (tertiary/aromatic N) is 3. The predicted octanol–water partition coefficient (Wildman–Crippen LogP) is 2.17. The Kier molecular flexibility index (Phi) is 7.71. The first-order chi connectivity index (χ1) is 13.7. The van der Waals surface area contributed by atoms with Gasteiger partial charge in [-0.25, -0.2) is 14.2 Å². The number of carbonyl (C=O) groups is 2. The van der Waals surface area contributed by atoms with E-state index in [1.807, 2.05) is 32.9 Å². The summed E-state index contributed by atoms with van der Waals surface area (Å²) in [6, 6.07) is 5.69. The van der Waals surface area contributed by atoms with Crippen molar-refractivity contribution in [1.29, 1.82) is 0 Å². The van der Waals surface area contributed by atoms with Gasteiger partial charge in [0.1, 0.15) is 6.04 Å². The van der Waals surface area contributed by atoms with Crippen molar-refractivity contribution in [3.8, 4) is 0 Å². The number of primary amides is 1. The maximum absolute atomic E-state index is 13.1. The fourth-order valence-corrected chi connectivity index (χ4v) is 3.95. The molecule has 166 valence electrons. The SMILES string of the molecule is CC(C)(C)[C@H](NC(=O)n1c(=O)n(CCN2CCCCC2)c2ccccc21)C(N)=O.Cl. The van der Waals surface area contributed by atoms with E-state index < -0.39 is 29.1 Å². The average Bonchev–Trinajstić information content (AvgIpc) is 2.95. The quantitative estimate of drug-likeness (QED) is 0.748. The Morgan fingerprint density at radius 2 is 1.67 bits per heavy atom. The fraction of sp³-hybridized carbons (Fsp3) is 0.571. The summed E-state index contributed by atoms with van der Waals surface area (Å²) in [6.07, 6.45) is 3.62. The number of para-hydroxylation sites is 2. The summed E-state index contributed by atoms with van der Waals surface area (Å²) < 4.78 is 2.74. The van der Waals surface area contributed by atoms with Crippen LogP contribution >= 0.6 is 12.4 Å². The van der Waals surface area contributed by atoms with Crippen LogP contribution in [0.5, 0.6) is 0 Å². The molecule has 0 aliphatic carbocycles. The van der Waals surface area contributed by atoms with Crippen LogP contribution in [0.25, 0.3) is 11.0 Å². The van der Waals surface area contributed by atoms with Crippen LogP contribution in [-0.2, 0) is 11.3 Å². The van der Waals surface area contributed by atoms with Crippen LogP contribution in [0.2, 0.25) is 0 Å². The van der Waals surface area contributed by atoms with Crippen LogP contribution in [-0.4, -0.2) is 51.6 Å². The molecule has 0 spiro atoms. The van der Waals surface area contributed by atoms with Crippen molar-refractivity contribution in [3.63, 3.8) is 0 Å². The van der Waals surface area contributed by atoms with Crippen LogP contribution < -0.4 is 16.7 Å². The number of benzene rings is 1. The predicted molar refractivity (Wildman–Crippen MR) is 120 cm³/mol. The number of carbonyl (C=O) groups excluding carboxylic acids is 2. The molecule has 8 nitrogen and oxygen atoms in total. The Hall–Kier alpha value is -2.32. The number of hydrogen-bond donors (Lipinski definition) is 2. The number of imidazole rings is 1. The fourth-order valence-electron chi connectivity index (χ4n) is 3.95. The molecule has 1 aliphatic rings. The maximum Gasteiger partial charge on any atom is 0.337 e. The Morgan fingerprint density at radius 1 is 1.07 bits per heavy atom. The zero-order chi connectivity index (χ0) is 21.2. The highest BCUT2D eigenvalue weighted by molar-refractivity contribution is 5.92. The van der Waals surface area contributed by atoms with Gasteiger partial charge in [0.15, 0.2) is 0 Å². The summed E-state index contributed by atoms with van der Waals surface area (Å²) in [5.41, 5.74) is 5.73.